The highest BCUT2D eigenvalue weighted by Gasteiger charge is 2.35. The number of nitrogens with zero attached hydrogens (tertiary/aromatic N) is 1. The summed E-state index contributed by atoms with van der Waals surface area (Å²) in [5.41, 5.74) is 0. The first-order valence-corrected chi connectivity index (χ1v) is 5.33. The normalized spacial score (nSPS) is 20.9. The summed E-state index contributed by atoms with van der Waals surface area (Å²) in [6.45, 7) is 0.429. The molecular formula is C8H8F3N3OS. The van der Waals surface area contributed by atoms with Gasteiger partial charge in [-0.3, -0.25) is 4.79 Å². The van der Waals surface area contributed by atoms with Crippen LogP contribution >= 0.6 is 11.3 Å². The SMILES string of the molecule is O=C1C[C@@H](Nc2cnc(C(F)(F)F)s2)CN1. The predicted octanol–water partition coefficient (Wildman–Crippen LogP) is 1.46. The summed E-state index contributed by atoms with van der Waals surface area (Å²) < 4.78 is 36.7. The van der Waals surface area contributed by atoms with E-state index in [1.807, 2.05) is 0 Å². The Hall–Kier alpha value is -1.31. The third kappa shape index (κ3) is 2.43. The molecule has 2 rings (SSSR count). The zero-order valence-corrected chi connectivity index (χ0v) is 8.78. The molecule has 1 atom stereocenters. The third-order valence-corrected chi connectivity index (χ3v) is 3.05. The van der Waals surface area contributed by atoms with Crippen molar-refractivity contribution in [3.05, 3.63) is 11.2 Å². The molecule has 1 aliphatic heterocycles. The van der Waals surface area contributed by atoms with E-state index in [0.717, 1.165) is 6.20 Å². The van der Waals surface area contributed by atoms with Crippen LogP contribution in [0.5, 0.6) is 0 Å². The fraction of sp³-hybridized carbons (Fsp3) is 0.500. The fourth-order valence-corrected chi connectivity index (χ4v) is 2.14. The number of hydrogen-bond acceptors (Lipinski definition) is 4. The lowest BCUT2D eigenvalue weighted by atomic mass is 10.3. The number of carbonyl (C=O) groups excluding carboxylic acids is 1. The van der Waals surface area contributed by atoms with Gasteiger partial charge < -0.3 is 10.6 Å². The molecule has 4 nitrogen and oxygen atoms in total. The second-order valence-corrected chi connectivity index (χ2v) is 4.41. The number of halogens is 3. The molecular weight excluding hydrogens is 243 g/mol. The molecule has 0 radical (unpaired) electrons. The molecule has 1 aromatic heterocycles. The highest BCUT2D eigenvalue weighted by Crippen LogP contribution is 2.34. The predicted molar refractivity (Wildman–Crippen MR) is 52.2 cm³/mol. The Kier molecular flexibility index (Phi) is 2.75. The van der Waals surface area contributed by atoms with Crippen LogP contribution in [0.2, 0.25) is 0 Å². The van der Waals surface area contributed by atoms with Crippen LogP contribution in [0.15, 0.2) is 6.20 Å². The second-order valence-electron chi connectivity index (χ2n) is 3.38. The first-order valence-electron chi connectivity index (χ1n) is 4.51. The van der Waals surface area contributed by atoms with Gasteiger partial charge >= 0.3 is 6.18 Å². The van der Waals surface area contributed by atoms with Gasteiger partial charge in [-0.1, -0.05) is 11.3 Å². The minimum atomic E-state index is -4.41. The smallest absolute Gasteiger partial charge is 0.371 e. The van der Waals surface area contributed by atoms with Gasteiger partial charge in [-0.25, -0.2) is 4.98 Å². The van der Waals surface area contributed by atoms with Gasteiger partial charge in [0.05, 0.1) is 12.2 Å². The lowest BCUT2D eigenvalue weighted by Gasteiger charge is -2.08. The van der Waals surface area contributed by atoms with Crippen LogP contribution in [0.4, 0.5) is 18.2 Å². The lowest BCUT2D eigenvalue weighted by molar-refractivity contribution is -0.137. The molecule has 2 heterocycles. The zero-order valence-electron chi connectivity index (χ0n) is 7.97. The van der Waals surface area contributed by atoms with Crippen LogP contribution in [0.1, 0.15) is 11.4 Å². The number of alkyl halides is 3. The van der Waals surface area contributed by atoms with Gasteiger partial charge in [-0.2, -0.15) is 13.2 Å². The van der Waals surface area contributed by atoms with E-state index in [4.69, 9.17) is 0 Å². The van der Waals surface area contributed by atoms with E-state index in [9.17, 15) is 18.0 Å². The Morgan fingerprint density at radius 3 is 2.81 bits per heavy atom. The van der Waals surface area contributed by atoms with Gasteiger partial charge in [0, 0.05) is 13.0 Å². The summed E-state index contributed by atoms with van der Waals surface area (Å²) in [6, 6.07) is -0.158. The first kappa shape index (κ1) is 11.2. The standard InChI is InChI=1S/C8H8F3N3OS/c9-8(10,11)7-13-3-6(16-7)14-4-1-5(15)12-2-4/h3-4,14H,1-2H2,(H,12,15)/t4-/m1/s1. The van der Waals surface area contributed by atoms with Gasteiger partial charge in [0.2, 0.25) is 5.91 Å². The van der Waals surface area contributed by atoms with Gasteiger partial charge in [0.25, 0.3) is 0 Å². The summed E-state index contributed by atoms with van der Waals surface area (Å²) in [7, 11) is 0. The van der Waals surface area contributed by atoms with Gasteiger partial charge in [-0.05, 0) is 0 Å². The summed E-state index contributed by atoms with van der Waals surface area (Å²) >= 11 is 0.542. The molecule has 1 amide bonds. The van der Waals surface area contributed by atoms with E-state index in [1.54, 1.807) is 0 Å². The van der Waals surface area contributed by atoms with E-state index in [2.05, 4.69) is 15.6 Å². The van der Waals surface area contributed by atoms with Crippen LogP contribution < -0.4 is 10.6 Å². The summed E-state index contributed by atoms with van der Waals surface area (Å²) in [6.07, 6.45) is -3.00. The third-order valence-electron chi connectivity index (χ3n) is 2.07. The molecule has 2 N–H and O–H groups in total. The van der Waals surface area contributed by atoms with Crippen molar-refractivity contribution in [3.8, 4) is 0 Å². The lowest BCUT2D eigenvalue weighted by Crippen LogP contribution is -2.21. The second kappa shape index (κ2) is 3.93. The molecule has 0 bridgehead atoms. The highest BCUT2D eigenvalue weighted by atomic mass is 32.1. The van der Waals surface area contributed by atoms with E-state index < -0.39 is 11.2 Å². The number of carbonyl (C=O) groups is 1. The molecule has 1 saturated heterocycles. The molecule has 0 aromatic carbocycles. The van der Waals surface area contributed by atoms with Gasteiger partial charge in [0.1, 0.15) is 5.00 Å². The Labute approximate surface area is 92.9 Å². The van der Waals surface area contributed by atoms with E-state index >= 15 is 0 Å². The van der Waals surface area contributed by atoms with Crippen LogP contribution in [-0.2, 0) is 11.0 Å². The van der Waals surface area contributed by atoms with Crippen LogP contribution in [-0.4, -0.2) is 23.5 Å². The van der Waals surface area contributed by atoms with Crippen LogP contribution in [0, 0.1) is 0 Å². The topological polar surface area (TPSA) is 54.0 Å². The van der Waals surface area contributed by atoms with Crippen molar-refractivity contribution >= 4 is 22.2 Å². The van der Waals surface area contributed by atoms with Crippen molar-refractivity contribution in [2.24, 2.45) is 0 Å². The van der Waals surface area contributed by atoms with E-state index in [1.165, 1.54) is 0 Å². The Bertz CT molecular complexity index is 403. The molecule has 88 valence electrons. The Balaban J connectivity index is 2.00. The summed E-state index contributed by atoms with van der Waals surface area (Å²) in [5.74, 6) is -0.0990. The van der Waals surface area contributed by atoms with E-state index in [-0.39, 0.29) is 18.4 Å². The molecule has 1 aliphatic rings. The summed E-state index contributed by atoms with van der Waals surface area (Å²) in [5, 5.41) is 4.87. The number of rotatable bonds is 2. The first-order chi connectivity index (χ1) is 7.45. The average molecular weight is 251 g/mol. The number of hydrogen-bond donors (Lipinski definition) is 2. The van der Waals surface area contributed by atoms with Crippen LogP contribution in [0.3, 0.4) is 0 Å². The highest BCUT2D eigenvalue weighted by molar-refractivity contribution is 7.15. The molecule has 0 saturated carbocycles. The van der Waals surface area contributed by atoms with Gasteiger partial charge in [-0.15, -0.1) is 0 Å². The maximum Gasteiger partial charge on any atom is 0.443 e. The Morgan fingerprint density at radius 1 is 1.56 bits per heavy atom. The van der Waals surface area contributed by atoms with E-state index in [0.29, 0.717) is 22.9 Å². The molecule has 1 fully saturated rings. The molecule has 8 heteroatoms. The molecule has 16 heavy (non-hydrogen) atoms. The molecule has 0 unspecified atom stereocenters. The van der Waals surface area contributed by atoms with Crippen molar-refractivity contribution in [2.75, 3.05) is 11.9 Å². The van der Waals surface area contributed by atoms with Crippen LogP contribution in [0.25, 0.3) is 0 Å². The molecule has 0 aliphatic carbocycles. The zero-order chi connectivity index (χ0) is 11.8. The van der Waals surface area contributed by atoms with Gasteiger partial charge in [0.15, 0.2) is 5.01 Å². The quantitative estimate of drug-likeness (QED) is 0.836. The number of thiazole rings is 1. The monoisotopic (exact) mass is 251 g/mol. The maximum absolute atomic E-state index is 12.2. The van der Waals surface area contributed by atoms with Crippen molar-refractivity contribution in [1.82, 2.24) is 10.3 Å². The number of amides is 1. The molecule has 1 aromatic rings. The number of anilines is 1. The minimum Gasteiger partial charge on any atom is -0.371 e. The summed E-state index contributed by atoms with van der Waals surface area (Å²) in [4.78, 5) is 14.1. The minimum absolute atomic E-state index is 0.0990. The van der Waals surface area contributed by atoms with Crippen molar-refractivity contribution < 1.29 is 18.0 Å². The number of nitrogens with one attached hydrogen (secondary N) is 2. The molecule has 0 spiro atoms. The maximum atomic E-state index is 12.2. The van der Waals surface area contributed by atoms with Crippen molar-refractivity contribution in [2.45, 2.75) is 18.6 Å². The fourth-order valence-electron chi connectivity index (χ4n) is 1.38. The van der Waals surface area contributed by atoms with Crippen molar-refractivity contribution in [1.29, 1.82) is 0 Å². The number of aromatic nitrogens is 1. The largest absolute Gasteiger partial charge is 0.443 e. The van der Waals surface area contributed by atoms with Crippen molar-refractivity contribution in [3.63, 3.8) is 0 Å². The average Bonchev–Trinajstić information content (AvgIpc) is 2.74. The Morgan fingerprint density at radius 2 is 2.31 bits per heavy atom.